The van der Waals surface area contributed by atoms with Gasteiger partial charge in [0.1, 0.15) is 23.0 Å². The molecule has 0 saturated carbocycles. The molecule has 3 heteroatoms. The molecule has 0 fully saturated rings. The number of ether oxygens (including phenoxy) is 2. The number of para-hydroxylation sites is 2. The predicted molar refractivity (Wildman–Crippen MR) is 151 cm³/mol. The summed E-state index contributed by atoms with van der Waals surface area (Å²) in [5.74, 6) is 3.96. The normalized spacial score (nSPS) is 17.2. The van der Waals surface area contributed by atoms with Gasteiger partial charge in [0.05, 0.1) is 0 Å². The van der Waals surface area contributed by atoms with Crippen LogP contribution in [0.4, 0.5) is 0 Å². The molecule has 1 unspecified atom stereocenters. The van der Waals surface area contributed by atoms with Crippen molar-refractivity contribution in [2.24, 2.45) is 0 Å². The van der Waals surface area contributed by atoms with Crippen LogP contribution in [0.2, 0.25) is 0 Å². The van der Waals surface area contributed by atoms with Crippen LogP contribution in [0.25, 0.3) is 21.9 Å². The Kier molecular flexibility index (Phi) is 4.47. The van der Waals surface area contributed by atoms with Gasteiger partial charge in [-0.25, -0.2) is 0 Å². The van der Waals surface area contributed by atoms with Crippen LogP contribution in [0.3, 0.4) is 0 Å². The van der Waals surface area contributed by atoms with Gasteiger partial charge in [-0.1, -0.05) is 91.0 Å². The van der Waals surface area contributed by atoms with E-state index in [4.69, 9.17) is 9.47 Å². The Balaban J connectivity index is 1.33. The average Bonchev–Trinajstić information content (AvgIpc) is 2.96. The quantitative estimate of drug-likeness (QED) is 0.263. The summed E-state index contributed by atoms with van der Waals surface area (Å²) in [6, 6.07) is 40.9. The second-order valence-corrected chi connectivity index (χ2v) is 10.0. The Morgan fingerprint density at radius 3 is 2.00 bits per heavy atom. The molecule has 1 aliphatic carbocycles. The molecule has 3 aliphatic rings. The van der Waals surface area contributed by atoms with Crippen molar-refractivity contribution in [1.29, 1.82) is 0 Å². The van der Waals surface area contributed by atoms with E-state index in [0.717, 1.165) is 29.4 Å². The van der Waals surface area contributed by atoms with E-state index < -0.39 is 0 Å². The van der Waals surface area contributed by atoms with Gasteiger partial charge in [-0.05, 0) is 68.7 Å². The highest BCUT2D eigenvalue weighted by Crippen LogP contribution is 2.45. The highest BCUT2D eigenvalue weighted by molar-refractivity contribution is 6.93. The van der Waals surface area contributed by atoms with Gasteiger partial charge in [0.25, 0.3) is 6.71 Å². The molecule has 0 aromatic heterocycles. The summed E-state index contributed by atoms with van der Waals surface area (Å²) in [5, 5.41) is 2.50. The number of allylic oxidation sites excluding steroid dienone is 3. The fourth-order valence-electron chi connectivity index (χ4n) is 6.25. The molecule has 0 spiro atoms. The van der Waals surface area contributed by atoms with Crippen molar-refractivity contribution in [2.75, 3.05) is 0 Å². The van der Waals surface area contributed by atoms with Crippen LogP contribution in [-0.2, 0) is 0 Å². The van der Waals surface area contributed by atoms with Gasteiger partial charge in [-0.3, -0.25) is 0 Å². The van der Waals surface area contributed by atoms with Crippen molar-refractivity contribution in [3.8, 4) is 22.6 Å². The van der Waals surface area contributed by atoms with Gasteiger partial charge in [0, 0.05) is 17.8 Å². The molecule has 0 bridgehead atoms. The molecule has 5 aromatic carbocycles. The predicted octanol–water partition coefficient (Wildman–Crippen LogP) is 6.77. The molecular weight excluding hydrogens is 451 g/mol. The average molecular weight is 474 g/mol. The zero-order valence-corrected chi connectivity index (χ0v) is 20.2. The maximum absolute atomic E-state index is 6.63. The zero-order valence-electron chi connectivity index (χ0n) is 20.2. The first kappa shape index (κ1) is 20.7. The van der Waals surface area contributed by atoms with Crippen molar-refractivity contribution in [1.82, 2.24) is 0 Å². The second kappa shape index (κ2) is 8.01. The Hall–Kier alpha value is -4.50. The molecule has 1 atom stereocenters. The molecule has 2 heterocycles. The van der Waals surface area contributed by atoms with Gasteiger partial charge in [-0.15, -0.1) is 0 Å². The summed E-state index contributed by atoms with van der Waals surface area (Å²) in [7, 11) is 0. The van der Waals surface area contributed by atoms with Crippen molar-refractivity contribution in [3.05, 3.63) is 144 Å². The third-order valence-corrected chi connectivity index (χ3v) is 7.93. The lowest BCUT2D eigenvalue weighted by molar-refractivity contribution is 0.364. The smallest absolute Gasteiger partial charge is 0.260 e. The van der Waals surface area contributed by atoms with Crippen LogP contribution in [-0.4, -0.2) is 6.71 Å². The number of fused-ring (bicyclic) bond motifs is 5. The highest BCUT2D eigenvalue weighted by atomic mass is 16.5. The first-order valence-corrected chi connectivity index (χ1v) is 12.9. The van der Waals surface area contributed by atoms with Crippen LogP contribution < -0.4 is 20.4 Å². The number of benzene rings is 5. The topological polar surface area (TPSA) is 18.5 Å². The molecule has 0 amide bonds. The molecule has 37 heavy (non-hydrogen) atoms. The molecule has 2 nitrogen and oxygen atoms in total. The molecule has 0 saturated heterocycles. The van der Waals surface area contributed by atoms with E-state index in [0.29, 0.717) is 0 Å². The van der Waals surface area contributed by atoms with Crippen LogP contribution >= 0.6 is 0 Å². The largest absolute Gasteiger partial charge is 0.463 e. The molecule has 2 aliphatic heterocycles. The van der Waals surface area contributed by atoms with E-state index in [1.54, 1.807) is 0 Å². The van der Waals surface area contributed by atoms with E-state index in [1.807, 2.05) is 0 Å². The van der Waals surface area contributed by atoms with Crippen LogP contribution in [0.5, 0.6) is 11.5 Å². The van der Waals surface area contributed by atoms with Gasteiger partial charge < -0.3 is 9.47 Å². The van der Waals surface area contributed by atoms with Crippen molar-refractivity contribution < 1.29 is 9.47 Å². The van der Waals surface area contributed by atoms with Gasteiger partial charge in [-0.2, -0.15) is 0 Å². The van der Waals surface area contributed by atoms with E-state index >= 15 is 0 Å². The third-order valence-electron chi connectivity index (χ3n) is 7.93. The second-order valence-electron chi connectivity index (χ2n) is 10.0. The minimum atomic E-state index is 0.127. The SMILES string of the molecule is C1=C2Oc3ccccc3B3C2=C(CC1c1cc2ccccc2cc1-c1ccccc1)Oc1ccccc13. The molecular formula is C34H23BO2. The molecule has 0 radical (unpaired) electrons. The van der Waals surface area contributed by atoms with E-state index in [1.165, 1.54) is 43.9 Å². The number of rotatable bonds is 2. The minimum absolute atomic E-state index is 0.127. The van der Waals surface area contributed by atoms with E-state index in [-0.39, 0.29) is 12.6 Å². The van der Waals surface area contributed by atoms with E-state index in [2.05, 4.69) is 121 Å². The van der Waals surface area contributed by atoms with Gasteiger partial charge >= 0.3 is 0 Å². The number of hydrogen-bond donors (Lipinski definition) is 0. The lowest BCUT2D eigenvalue weighted by Gasteiger charge is -2.38. The van der Waals surface area contributed by atoms with Crippen molar-refractivity contribution >= 4 is 28.4 Å². The summed E-state index contributed by atoms with van der Waals surface area (Å²) >= 11 is 0. The zero-order chi connectivity index (χ0) is 24.3. The lowest BCUT2D eigenvalue weighted by atomic mass is 9.33. The Labute approximate surface area is 216 Å². The first-order chi connectivity index (χ1) is 18.3. The fraction of sp³-hybridized carbons (Fsp3) is 0.0588. The fourth-order valence-corrected chi connectivity index (χ4v) is 6.25. The highest BCUT2D eigenvalue weighted by Gasteiger charge is 2.44. The summed E-state index contributed by atoms with van der Waals surface area (Å²) in [6.07, 6.45) is 3.13. The van der Waals surface area contributed by atoms with E-state index in [9.17, 15) is 0 Å². The Morgan fingerprint density at radius 1 is 0.622 bits per heavy atom. The Bertz CT molecular complexity index is 1770. The summed E-state index contributed by atoms with van der Waals surface area (Å²) in [5.41, 5.74) is 7.37. The maximum Gasteiger partial charge on any atom is 0.260 e. The maximum atomic E-state index is 6.63. The summed E-state index contributed by atoms with van der Waals surface area (Å²) < 4.78 is 13.2. The van der Waals surface area contributed by atoms with Crippen molar-refractivity contribution in [2.45, 2.75) is 12.3 Å². The first-order valence-electron chi connectivity index (χ1n) is 12.9. The monoisotopic (exact) mass is 474 g/mol. The van der Waals surface area contributed by atoms with Crippen LogP contribution in [0.1, 0.15) is 17.9 Å². The molecule has 0 N–H and O–H groups in total. The summed E-state index contributed by atoms with van der Waals surface area (Å²) in [6.45, 7) is 0.127. The van der Waals surface area contributed by atoms with Gasteiger partial charge in [0.15, 0.2) is 0 Å². The summed E-state index contributed by atoms with van der Waals surface area (Å²) in [4.78, 5) is 0. The molecule has 8 rings (SSSR count). The number of hydrogen-bond acceptors (Lipinski definition) is 2. The minimum Gasteiger partial charge on any atom is -0.463 e. The van der Waals surface area contributed by atoms with Crippen LogP contribution in [0, 0.1) is 0 Å². The van der Waals surface area contributed by atoms with Gasteiger partial charge in [0.2, 0.25) is 0 Å². The molecule has 5 aromatic rings. The lowest BCUT2D eigenvalue weighted by Crippen LogP contribution is -2.52. The Morgan fingerprint density at radius 2 is 1.24 bits per heavy atom. The van der Waals surface area contributed by atoms with Crippen LogP contribution in [0.15, 0.2) is 138 Å². The van der Waals surface area contributed by atoms with Crippen molar-refractivity contribution in [3.63, 3.8) is 0 Å². The molecule has 174 valence electrons. The third kappa shape index (κ3) is 3.21. The standard InChI is InChI=1S/C34H23BO2/c1-2-10-22(11-3-1)26-18-23-12-4-5-13-24(23)19-27(26)25-20-32-34-33(21-25)37-31-17-9-7-15-29(31)35(34)28-14-6-8-16-30(28)36-32/h1-20,25H,21H2.